The Bertz CT molecular complexity index is 934. The van der Waals surface area contributed by atoms with Crippen LogP contribution < -0.4 is 5.69 Å². The fourth-order valence-corrected chi connectivity index (χ4v) is 3.11. The van der Waals surface area contributed by atoms with E-state index in [1.54, 1.807) is 4.57 Å². The third-order valence-electron chi connectivity index (χ3n) is 4.45. The van der Waals surface area contributed by atoms with Crippen LogP contribution in [-0.2, 0) is 0 Å². The van der Waals surface area contributed by atoms with Crippen LogP contribution in [0.5, 0.6) is 0 Å². The van der Waals surface area contributed by atoms with Gasteiger partial charge in [0.25, 0.3) is 0 Å². The summed E-state index contributed by atoms with van der Waals surface area (Å²) in [6.07, 6.45) is 0. The lowest BCUT2D eigenvalue weighted by molar-refractivity contribution is 0.587. The highest BCUT2D eigenvalue weighted by Crippen LogP contribution is 2.28. The van der Waals surface area contributed by atoms with Gasteiger partial charge in [-0.1, -0.05) is 49.7 Å². The summed E-state index contributed by atoms with van der Waals surface area (Å²) < 4.78 is 1.76. The molecule has 0 aliphatic carbocycles. The molecule has 3 aromatic rings. The van der Waals surface area contributed by atoms with Crippen molar-refractivity contribution in [2.24, 2.45) is 0 Å². The summed E-state index contributed by atoms with van der Waals surface area (Å²) in [6, 6.07) is 14.7. The number of benzene rings is 2. The second-order valence-electron chi connectivity index (χ2n) is 7.00. The molecule has 0 atom stereocenters. The highest BCUT2D eigenvalue weighted by molar-refractivity contribution is 5.93. The van der Waals surface area contributed by atoms with Crippen LogP contribution in [-0.4, -0.2) is 9.55 Å². The summed E-state index contributed by atoms with van der Waals surface area (Å²) in [5.74, 6) is 0.486. The molecule has 2 aromatic carbocycles. The predicted molar refractivity (Wildman–Crippen MR) is 101 cm³/mol. The lowest BCUT2D eigenvalue weighted by Gasteiger charge is -2.16. The zero-order chi connectivity index (χ0) is 17.4. The predicted octanol–water partition coefficient (Wildman–Crippen LogP) is 5.08. The van der Waals surface area contributed by atoms with Gasteiger partial charge in [-0.3, -0.25) is 4.57 Å². The number of rotatable bonds is 3. The molecule has 0 spiro atoms. The summed E-state index contributed by atoms with van der Waals surface area (Å²) in [7, 11) is 0. The maximum atomic E-state index is 12.6. The first-order valence-corrected chi connectivity index (χ1v) is 8.51. The lowest BCUT2D eigenvalue weighted by atomic mass is 9.99. The van der Waals surface area contributed by atoms with Crippen LogP contribution in [0, 0.1) is 6.92 Å². The van der Waals surface area contributed by atoms with Gasteiger partial charge >= 0.3 is 5.69 Å². The Hall–Kier alpha value is -2.42. The maximum absolute atomic E-state index is 12.6. The first kappa shape index (κ1) is 16.4. The molecule has 0 fully saturated rings. The number of hydrogen-bond acceptors (Lipinski definition) is 2. The zero-order valence-electron chi connectivity index (χ0n) is 15.0. The van der Waals surface area contributed by atoms with Crippen LogP contribution in [0.25, 0.3) is 22.2 Å². The second-order valence-corrected chi connectivity index (χ2v) is 7.00. The molecule has 3 nitrogen and oxygen atoms in total. The molecule has 124 valence electrons. The quantitative estimate of drug-likeness (QED) is 0.675. The average molecular weight is 320 g/mol. The van der Waals surface area contributed by atoms with Gasteiger partial charge in [0, 0.05) is 17.0 Å². The number of hydrogen-bond donors (Lipinski definition) is 0. The summed E-state index contributed by atoms with van der Waals surface area (Å²) in [6.45, 7) is 10.4. The van der Waals surface area contributed by atoms with Crippen molar-refractivity contribution in [3.8, 4) is 11.3 Å². The Kier molecular flexibility index (Phi) is 4.27. The Morgan fingerprint density at radius 3 is 2.21 bits per heavy atom. The van der Waals surface area contributed by atoms with E-state index in [0.29, 0.717) is 5.92 Å². The molecule has 0 saturated carbocycles. The van der Waals surface area contributed by atoms with Gasteiger partial charge in [0.1, 0.15) is 0 Å². The van der Waals surface area contributed by atoms with E-state index in [9.17, 15) is 4.79 Å². The highest BCUT2D eigenvalue weighted by atomic mass is 16.1. The Morgan fingerprint density at radius 1 is 0.958 bits per heavy atom. The van der Waals surface area contributed by atoms with Crippen LogP contribution in [0.2, 0.25) is 0 Å². The third-order valence-corrected chi connectivity index (χ3v) is 4.45. The topological polar surface area (TPSA) is 34.9 Å². The number of aromatic nitrogens is 2. The molecular formula is C21H24N2O. The van der Waals surface area contributed by atoms with Crippen LogP contribution in [0.4, 0.5) is 0 Å². The van der Waals surface area contributed by atoms with Crippen LogP contribution in [0.1, 0.15) is 50.8 Å². The molecule has 0 saturated heterocycles. The summed E-state index contributed by atoms with van der Waals surface area (Å²) in [5.41, 5.74) is 4.96. The average Bonchev–Trinajstić information content (AvgIpc) is 2.54. The first-order valence-electron chi connectivity index (χ1n) is 8.51. The molecule has 1 heterocycles. The summed E-state index contributed by atoms with van der Waals surface area (Å²) >= 11 is 0. The monoisotopic (exact) mass is 320 g/mol. The van der Waals surface area contributed by atoms with Crippen LogP contribution >= 0.6 is 0 Å². The lowest BCUT2D eigenvalue weighted by Crippen LogP contribution is -2.25. The summed E-state index contributed by atoms with van der Waals surface area (Å²) in [4.78, 5) is 17.0. The number of fused-ring (bicyclic) bond motifs is 1. The largest absolute Gasteiger partial charge is 0.348 e. The Balaban J connectivity index is 2.30. The van der Waals surface area contributed by atoms with Crippen molar-refractivity contribution in [3.63, 3.8) is 0 Å². The molecular weight excluding hydrogens is 296 g/mol. The number of aryl methyl sites for hydroxylation is 1. The zero-order valence-corrected chi connectivity index (χ0v) is 15.0. The van der Waals surface area contributed by atoms with Crippen molar-refractivity contribution in [1.82, 2.24) is 9.55 Å². The van der Waals surface area contributed by atoms with Gasteiger partial charge in [-0.25, -0.2) is 4.79 Å². The fourth-order valence-electron chi connectivity index (χ4n) is 3.11. The van der Waals surface area contributed by atoms with Gasteiger partial charge in [0.2, 0.25) is 0 Å². The normalized spacial score (nSPS) is 11.6. The van der Waals surface area contributed by atoms with Crippen LogP contribution in [0.3, 0.4) is 0 Å². The van der Waals surface area contributed by atoms with Gasteiger partial charge in [-0.2, -0.15) is 4.98 Å². The van der Waals surface area contributed by atoms with Gasteiger partial charge in [-0.05, 0) is 44.4 Å². The maximum Gasteiger partial charge on any atom is 0.348 e. The molecule has 24 heavy (non-hydrogen) atoms. The van der Waals surface area contributed by atoms with Crippen molar-refractivity contribution in [2.75, 3.05) is 0 Å². The van der Waals surface area contributed by atoms with Gasteiger partial charge in [-0.15, -0.1) is 0 Å². The molecule has 0 aliphatic rings. The van der Waals surface area contributed by atoms with E-state index in [0.717, 1.165) is 22.2 Å². The van der Waals surface area contributed by atoms with E-state index >= 15 is 0 Å². The fraction of sp³-hybridized carbons (Fsp3) is 0.333. The van der Waals surface area contributed by atoms with E-state index < -0.39 is 0 Å². The van der Waals surface area contributed by atoms with Crippen LogP contribution in [0.15, 0.2) is 47.3 Å². The van der Waals surface area contributed by atoms with Crippen molar-refractivity contribution >= 4 is 10.9 Å². The van der Waals surface area contributed by atoms with Crippen molar-refractivity contribution in [1.29, 1.82) is 0 Å². The van der Waals surface area contributed by atoms with E-state index in [2.05, 4.69) is 56.1 Å². The standard InChI is InChI=1S/C21H24N2O/c1-13(2)16-7-9-17(10-8-16)20-18-12-15(5)6-11-19(18)23(14(3)4)21(24)22-20/h6-14H,1-5H3. The minimum atomic E-state index is -0.190. The van der Waals surface area contributed by atoms with E-state index in [4.69, 9.17) is 0 Å². The smallest absolute Gasteiger partial charge is 0.289 e. The van der Waals surface area contributed by atoms with E-state index in [1.165, 1.54) is 11.1 Å². The molecule has 0 aliphatic heterocycles. The van der Waals surface area contributed by atoms with E-state index in [-0.39, 0.29) is 11.7 Å². The SMILES string of the molecule is Cc1ccc2c(c1)c(-c1ccc(C(C)C)cc1)nc(=O)n2C(C)C. The first-order chi connectivity index (χ1) is 11.4. The highest BCUT2D eigenvalue weighted by Gasteiger charge is 2.14. The molecule has 3 rings (SSSR count). The van der Waals surface area contributed by atoms with Crippen molar-refractivity contribution in [2.45, 2.75) is 46.6 Å². The Labute approximate surface area is 143 Å². The molecule has 3 heteroatoms. The molecule has 0 radical (unpaired) electrons. The third kappa shape index (κ3) is 2.86. The van der Waals surface area contributed by atoms with Gasteiger partial charge in [0.05, 0.1) is 11.2 Å². The van der Waals surface area contributed by atoms with Gasteiger partial charge in [0.15, 0.2) is 0 Å². The van der Waals surface area contributed by atoms with Gasteiger partial charge < -0.3 is 0 Å². The van der Waals surface area contributed by atoms with Crippen molar-refractivity contribution in [3.05, 3.63) is 64.1 Å². The van der Waals surface area contributed by atoms with E-state index in [1.807, 2.05) is 26.0 Å². The summed E-state index contributed by atoms with van der Waals surface area (Å²) in [5, 5.41) is 1.03. The molecule has 1 aromatic heterocycles. The second kappa shape index (κ2) is 6.23. The molecule has 0 amide bonds. The minimum Gasteiger partial charge on any atom is -0.289 e. The molecule has 0 unspecified atom stereocenters. The molecule has 0 bridgehead atoms. The number of nitrogens with zero attached hydrogens (tertiary/aromatic N) is 2. The Morgan fingerprint density at radius 2 is 1.62 bits per heavy atom. The molecule has 0 N–H and O–H groups in total. The van der Waals surface area contributed by atoms with Crippen molar-refractivity contribution < 1.29 is 0 Å². The minimum absolute atomic E-state index is 0.0765.